The van der Waals surface area contributed by atoms with E-state index >= 15 is 0 Å². The number of pyridine rings is 1. The number of carbonyl (C=O) groups is 2. The molecule has 0 bridgehead atoms. The molecule has 6 nitrogen and oxygen atoms in total. The lowest BCUT2D eigenvalue weighted by atomic mass is 10.0. The number of carbonyl (C=O) groups excluding carboxylic acids is 2. The number of fused-ring (bicyclic) bond motifs is 1. The second-order valence-electron chi connectivity index (χ2n) is 6.91. The first-order valence-corrected chi connectivity index (χ1v) is 10.9. The maximum atomic E-state index is 13.2. The van der Waals surface area contributed by atoms with Crippen molar-refractivity contribution < 1.29 is 13.8 Å². The third-order valence-corrected chi connectivity index (χ3v) is 6.46. The molecule has 1 aromatic heterocycles. The molecule has 0 radical (unpaired) electrons. The highest BCUT2D eigenvalue weighted by atomic mass is 35.5. The molecule has 0 spiro atoms. The van der Waals surface area contributed by atoms with Gasteiger partial charge in [0.05, 0.1) is 5.69 Å². The van der Waals surface area contributed by atoms with Crippen molar-refractivity contribution in [3.63, 3.8) is 0 Å². The lowest BCUT2D eigenvalue weighted by Gasteiger charge is -2.27. The van der Waals surface area contributed by atoms with Crippen molar-refractivity contribution in [1.82, 2.24) is 10.3 Å². The van der Waals surface area contributed by atoms with E-state index in [0.29, 0.717) is 33.9 Å². The van der Waals surface area contributed by atoms with E-state index < -0.39 is 11.0 Å². The van der Waals surface area contributed by atoms with Gasteiger partial charge in [0, 0.05) is 42.1 Å². The Morgan fingerprint density at radius 3 is 2.68 bits per heavy atom. The lowest BCUT2D eigenvalue weighted by molar-refractivity contribution is 0.0951. The summed E-state index contributed by atoms with van der Waals surface area (Å²) in [6.45, 7) is 0.343. The maximum Gasteiger partial charge on any atom is 0.251 e. The second kappa shape index (κ2) is 8.83. The van der Waals surface area contributed by atoms with Gasteiger partial charge >= 0.3 is 0 Å². The minimum Gasteiger partial charge on any atom is -0.348 e. The summed E-state index contributed by atoms with van der Waals surface area (Å²) in [6, 6.07) is 15.4. The van der Waals surface area contributed by atoms with E-state index in [-0.39, 0.29) is 16.6 Å². The molecule has 156 valence electrons. The van der Waals surface area contributed by atoms with Gasteiger partial charge in [-0.3, -0.25) is 18.9 Å². The Morgan fingerprint density at radius 2 is 1.94 bits per heavy atom. The largest absolute Gasteiger partial charge is 0.348 e. The molecule has 2 heterocycles. The Morgan fingerprint density at radius 1 is 1.16 bits per heavy atom. The molecule has 0 aliphatic carbocycles. The first-order chi connectivity index (χ1) is 14.9. The number of ketones is 1. The summed E-state index contributed by atoms with van der Waals surface area (Å²) in [7, 11) is -0.0224. The van der Waals surface area contributed by atoms with Gasteiger partial charge in [-0.2, -0.15) is 0 Å². The molecule has 2 aromatic carbocycles. The standard InChI is InChI=1S/C23H18ClN3O3S/c1-27-20-6-5-17(23(29)26-14-15-7-9-25-10-8-15)13-19(20)22(28)21(31(27)30)12-16-3-2-4-18(24)11-16/h2-13H,14H2,1H3,(H,26,29)/b21-12+. The lowest BCUT2D eigenvalue weighted by Crippen LogP contribution is -2.32. The molecule has 0 saturated heterocycles. The van der Waals surface area contributed by atoms with Crippen LogP contribution in [-0.2, 0) is 17.5 Å². The number of hydrogen-bond acceptors (Lipinski definition) is 4. The van der Waals surface area contributed by atoms with E-state index in [1.807, 2.05) is 12.1 Å². The number of amides is 1. The Bertz CT molecular complexity index is 1230. The van der Waals surface area contributed by atoms with Crippen LogP contribution in [0.15, 0.2) is 71.9 Å². The Labute approximate surface area is 187 Å². The fourth-order valence-electron chi connectivity index (χ4n) is 3.23. The SMILES string of the molecule is CN1c2ccc(C(=O)NCc3ccncc3)cc2C(=O)/C(=C\c2cccc(Cl)c2)S1=O. The molecule has 8 heteroatoms. The number of nitrogens with one attached hydrogen (secondary N) is 1. The number of Topliss-reactive ketones (excluding diaryl/α,β-unsaturated/α-hetero) is 1. The van der Waals surface area contributed by atoms with Crippen LogP contribution in [0.2, 0.25) is 5.02 Å². The molecule has 3 aromatic rings. The molecule has 1 amide bonds. The number of rotatable bonds is 4. The molecule has 1 N–H and O–H groups in total. The van der Waals surface area contributed by atoms with Gasteiger partial charge in [0.25, 0.3) is 5.91 Å². The molecule has 0 fully saturated rings. The third-order valence-electron chi connectivity index (χ3n) is 4.85. The monoisotopic (exact) mass is 451 g/mol. The summed E-state index contributed by atoms with van der Waals surface area (Å²) >= 11 is 6.03. The normalized spacial score (nSPS) is 16.8. The van der Waals surface area contributed by atoms with E-state index in [1.54, 1.807) is 61.9 Å². The van der Waals surface area contributed by atoms with Crippen LogP contribution in [0, 0.1) is 0 Å². The van der Waals surface area contributed by atoms with Crippen LogP contribution in [0.5, 0.6) is 0 Å². The van der Waals surface area contributed by atoms with Crippen LogP contribution in [0.1, 0.15) is 31.8 Å². The summed E-state index contributed by atoms with van der Waals surface area (Å²) in [6.07, 6.45) is 4.88. The van der Waals surface area contributed by atoms with Crippen molar-refractivity contribution >= 4 is 46.0 Å². The van der Waals surface area contributed by atoms with Crippen molar-refractivity contribution in [3.05, 3.63) is 99.2 Å². The van der Waals surface area contributed by atoms with Crippen LogP contribution in [-0.4, -0.2) is 27.9 Å². The molecule has 1 unspecified atom stereocenters. The van der Waals surface area contributed by atoms with Crippen LogP contribution in [0.3, 0.4) is 0 Å². The van der Waals surface area contributed by atoms with Crippen molar-refractivity contribution in [2.24, 2.45) is 0 Å². The minimum atomic E-state index is -1.67. The van der Waals surface area contributed by atoms with Gasteiger partial charge in [0.15, 0.2) is 11.0 Å². The number of allylic oxidation sites excluding steroid dienone is 1. The number of anilines is 1. The molecular weight excluding hydrogens is 434 g/mol. The fourth-order valence-corrected chi connectivity index (χ4v) is 4.57. The van der Waals surface area contributed by atoms with Gasteiger partial charge in [-0.1, -0.05) is 23.7 Å². The van der Waals surface area contributed by atoms with E-state index in [0.717, 1.165) is 5.56 Å². The quantitative estimate of drug-likeness (QED) is 0.608. The average Bonchev–Trinajstić information content (AvgIpc) is 2.79. The van der Waals surface area contributed by atoms with Gasteiger partial charge < -0.3 is 5.32 Å². The van der Waals surface area contributed by atoms with Crippen molar-refractivity contribution in [1.29, 1.82) is 0 Å². The number of nitrogens with zero attached hydrogens (tertiary/aromatic N) is 2. The highest BCUT2D eigenvalue weighted by molar-refractivity contribution is 7.91. The van der Waals surface area contributed by atoms with Crippen LogP contribution >= 0.6 is 11.6 Å². The van der Waals surface area contributed by atoms with Crippen molar-refractivity contribution in [3.8, 4) is 0 Å². The summed E-state index contributed by atoms with van der Waals surface area (Å²) in [5, 5.41) is 3.35. The number of hydrogen-bond donors (Lipinski definition) is 1. The predicted molar refractivity (Wildman–Crippen MR) is 122 cm³/mol. The third kappa shape index (κ3) is 4.42. The number of benzene rings is 2. The molecule has 0 saturated carbocycles. The molecule has 1 aliphatic rings. The molecule has 1 aliphatic heterocycles. The highest BCUT2D eigenvalue weighted by Gasteiger charge is 2.32. The molecule has 31 heavy (non-hydrogen) atoms. The maximum absolute atomic E-state index is 13.2. The van der Waals surface area contributed by atoms with Crippen LogP contribution in [0.4, 0.5) is 5.69 Å². The Balaban J connectivity index is 1.63. The second-order valence-corrected chi connectivity index (χ2v) is 8.83. The Hall–Kier alpha value is -3.29. The highest BCUT2D eigenvalue weighted by Crippen LogP contribution is 2.33. The summed E-state index contributed by atoms with van der Waals surface area (Å²) in [4.78, 5) is 29.9. The van der Waals surface area contributed by atoms with Crippen molar-refractivity contribution in [2.75, 3.05) is 11.4 Å². The number of aromatic nitrogens is 1. The predicted octanol–water partition coefficient (Wildman–Crippen LogP) is 4.00. The van der Waals surface area contributed by atoms with Gasteiger partial charge in [-0.15, -0.1) is 0 Å². The zero-order valence-electron chi connectivity index (χ0n) is 16.5. The molecular formula is C23H18ClN3O3S. The Kier molecular flexibility index (Phi) is 5.97. The van der Waals surface area contributed by atoms with E-state index in [2.05, 4.69) is 10.3 Å². The minimum absolute atomic E-state index is 0.131. The smallest absolute Gasteiger partial charge is 0.251 e. The van der Waals surface area contributed by atoms with Gasteiger partial charge in [-0.25, -0.2) is 4.21 Å². The average molecular weight is 452 g/mol. The van der Waals surface area contributed by atoms with Crippen molar-refractivity contribution in [2.45, 2.75) is 6.54 Å². The fraction of sp³-hybridized carbons (Fsp3) is 0.0870. The van der Waals surface area contributed by atoms with E-state index in [4.69, 9.17) is 11.6 Å². The number of halogens is 1. The molecule has 4 rings (SSSR count). The summed E-state index contributed by atoms with van der Waals surface area (Å²) < 4.78 is 14.4. The zero-order valence-corrected chi connectivity index (χ0v) is 18.1. The van der Waals surface area contributed by atoms with Gasteiger partial charge in [-0.05, 0) is 59.7 Å². The zero-order chi connectivity index (χ0) is 22.0. The first kappa shape index (κ1) is 21.0. The topological polar surface area (TPSA) is 79.4 Å². The molecule has 1 atom stereocenters. The van der Waals surface area contributed by atoms with Gasteiger partial charge in [0.1, 0.15) is 4.91 Å². The van der Waals surface area contributed by atoms with E-state index in [1.165, 1.54) is 10.4 Å². The van der Waals surface area contributed by atoms with E-state index in [9.17, 15) is 13.8 Å². The van der Waals surface area contributed by atoms with Gasteiger partial charge in [0.2, 0.25) is 5.78 Å². The summed E-state index contributed by atoms with van der Waals surface area (Å²) in [5.41, 5.74) is 2.78. The summed E-state index contributed by atoms with van der Waals surface area (Å²) in [5.74, 6) is -0.683. The first-order valence-electron chi connectivity index (χ1n) is 9.43. The van der Waals surface area contributed by atoms with Crippen LogP contribution < -0.4 is 9.62 Å². The van der Waals surface area contributed by atoms with Crippen LogP contribution in [0.25, 0.3) is 6.08 Å².